The summed E-state index contributed by atoms with van der Waals surface area (Å²) in [7, 11) is 0. The Balaban J connectivity index is 1.08. The summed E-state index contributed by atoms with van der Waals surface area (Å²) in [6.45, 7) is 0. The molecule has 0 aliphatic rings. The van der Waals surface area contributed by atoms with Crippen molar-refractivity contribution < 1.29 is 0 Å². The summed E-state index contributed by atoms with van der Waals surface area (Å²) >= 11 is 0. The fraction of sp³-hybridized carbons (Fsp3) is 0. The molecule has 0 amide bonds. The third-order valence-electron chi connectivity index (χ3n) is 9.21. The average molecular weight is 693 g/mol. The lowest BCUT2D eigenvalue weighted by Crippen LogP contribution is -2.00. The van der Waals surface area contributed by atoms with E-state index in [1.54, 1.807) is 0 Å². The van der Waals surface area contributed by atoms with Crippen LogP contribution in [0.5, 0.6) is 0 Å². The van der Waals surface area contributed by atoms with Gasteiger partial charge in [-0.25, -0.2) is 29.9 Å². The Morgan fingerprint density at radius 1 is 0.185 bits per heavy atom. The maximum Gasteiger partial charge on any atom is 0.164 e. The second-order valence-corrected chi connectivity index (χ2v) is 12.8. The zero-order valence-corrected chi connectivity index (χ0v) is 29.2. The van der Waals surface area contributed by atoms with E-state index in [9.17, 15) is 0 Å². The van der Waals surface area contributed by atoms with Crippen molar-refractivity contribution in [2.45, 2.75) is 0 Å². The number of benzene rings is 7. The van der Waals surface area contributed by atoms with Crippen LogP contribution in [0.4, 0.5) is 0 Å². The molecule has 0 bridgehead atoms. The molecule has 9 aromatic rings. The van der Waals surface area contributed by atoms with Gasteiger partial charge in [0.15, 0.2) is 34.9 Å². The zero-order chi connectivity index (χ0) is 36.1. The molecule has 9 rings (SSSR count). The van der Waals surface area contributed by atoms with Crippen LogP contribution >= 0.6 is 0 Å². The van der Waals surface area contributed by atoms with Crippen molar-refractivity contribution in [3.63, 3.8) is 0 Å². The van der Waals surface area contributed by atoms with Gasteiger partial charge in [-0.3, -0.25) is 0 Å². The normalized spacial score (nSPS) is 11.0. The van der Waals surface area contributed by atoms with Gasteiger partial charge in [0, 0.05) is 33.4 Å². The van der Waals surface area contributed by atoms with Crippen LogP contribution in [-0.2, 0) is 0 Å². The molecule has 6 heteroatoms. The molecular formula is C48H32N6. The molecule has 7 aromatic carbocycles. The maximum absolute atomic E-state index is 4.97. The Morgan fingerprint density at radius 3 is 0.833 bits per heavy atom. The number of rotatable bonds is 8. The Labute approximate surface area is 313 Å². The highest BCUT2D eigenvalue weighted by atomic mass is 15.0. The standard InChI is InChI=1S/C48H32N6/c1-5-16-34(17-6-1)43-49-44(35-18-7-2-8-19-35)52-47(51-43)38-30-28-33(29-31-38)41-26-13-14-27-42(41)39-24-15-25-40(32-39)48-53-45(36-20-9-3-10-21-36)50-46(54-48)37-22-11-4-12-23-37/h1-32H. The van der Waals surface area contributed by atoms with E-state index >= 15 is 0 Å². The van der Waals surface area contributed by atoms with Gasteiger partial charge >= 0.3 is 0 Å². The van der Waals surface area contributed by atoms with Gasteiger partial charge in [-0.2, -0.15) is 0 Å². The lowest BCUT2D eigenvalue weighted by Gasteiger charge is -2.13. The molecule has 0 aliphatic heterocycles. The second-order valence-electron chi connectivity index (χ2n) is 12.8. The number of hydrogen-bond acceptors (Lipinski definition) is 6. The van der Waals surface area contributed by atoms with Gasteiger partial charge in [-0.15, -0.1) is 0 Å². The number of aromatic nitrogens is 6. The molecule has 0 saturated carbocycles. The summed E-state index contributed by atoms with van der Waals surface area (Å²) in [4.78, 5) is 29.5. The Kier molecular flexibility index (Phi) is 8.81. The molecule has 6 nitrogen and oxygen atoms in total. The van der Waals surface area contributed by atoms with Gasteiger partial charge in [0.1, 0.15) is 0 Å². The predicted octanol–water partition coefficient (Wildman–Crippen LogP) is 11.4. The van der Waals surface area contributed by atoms with Gasteiger partial charge in [0.2, 0.25) is 0 Å². The van der Waals surface area contributed by atoms with Crippen LogP contribution < -0.4 is 0 Å². The Morgan fingerprint density at radius 2 is 0.444 bits per heavy atom. The van der Waals surface area contributed by atoms with E-state index in [2.05, 4.69) is 72.8 Å². The highest BCUT2D eigenvalue weighted by Crippen LogP contribution is 2.35. The molecule has 2 aromatic heterocycles. The minimum atomic E-state index is 0.619. The lowest BCUT2D eigenvalue weighted by molar-refractivity contribution is 1.07. The van der Waals surface area contributed by atoms with E-state index in [1.807, 2.05) is 121 Å². The van der Waals surface area contributed by atoms with E-state index in [0.717, 1.165) is 55.6 Å². The van der Waals surface area contributed by atoms with Gasteiger partial charge < -0.3 is 0 Å². The van der Waals surface area contributed by atoms with Crippen molar-refractivity contribution in [1.82, 2.24) is 29.9 Å². The third kappa shape index (κ3) is 6.79. The summed E-state index contributed by atoms with van der Waals surface area (Å²) in [5.74, 6) is 3.79. The summed E-state index contributed by atoms with van der Waals surface area (Å²) < 4.78 is 0. The molecule has 2 heterocycles. The topological polar surface area (TPSA) is 77.3 Å². The van der Waals surface area contributed by atoms with Gasteiger partial charge in [0.25, 0.3) is 0 Å². The summed E-state index contributed by atoms with van der Waals surface area (Å²) in [6.07, 6.45) is 0. The van der Waals surface area contributed by atoms with Gasteiger partial charge in [-0.1, -0.05) is 188 Å². The van der Waals surface area contributed by atoms with Crippen LogP contribution in [0, 0.1) is 0 Å². The minimum absolute atomic E-state index is 0.619. The SMILES string of the molecule is c1ccc(-c2nc(-c3ccccc3)nc(-c3ccc(-c4ccccc4-c4cccc(-c5nc(-c6ccccc6)nc(-c6ccccc6)n5)c4)cc3)n2)cc1. The maximum atomic E-state index is 4.97. The highest BCUT2D eigenvalue weighted by molar-refractivity contribution is 5.85. The first kappa shape index (κ1) is 32.5. The lowest BCUT2D eigenvalue weighted by atomic mass is 9.93. The molecule has 0 spiro atoms. The zero-order valence-electron chi connectivity index (χ0n) is 29.2. The van der Waals surface area contributed by atoms with Crippen molar-refractivity contribution in [2.24, 2.45) is 0 Å². The molecule has 0 atom stereocenters. The smallest absolute Gasteiger partial charge is 0.164 e. The van der Waals surface area contributed by atoms with Crippen LogP contribution in [0.15, 0.2) is 194 Å². The van der Waals surface area contributed by atoms with Crippen molar-refractivity contribution >= 4 is 0 Å². The molecule has 54 heavy (non-hydrogen) atoms. The summed E-state index contributed by atoms with van der Waals surface area (Å²) in [5.41, 5.74) is 9.93. The fourth-order valence-electron chi connectivity index (χ4n) is 6.49. The Hall–Kier alpha value is -7.44. The highest BCUT2D eigenvalue weighted by Gasteiger charge is 2.16. The largest absolute Gasteiger partial charge is 0.208 e. The number of hydrogen-bond donors (Lipinski definition) is 0. The molecule has 0 N–H and O–H groups in total. The average Bonchev–Trinajstić information content (AvgIpc) is 3.27. The van der Waals surface area contributed by atoms with E-state index in [0.29, 0.717) is 34.9 Å². The van der Waals surface area contributed by atoms with Crippen molar-refractivity contribution in [3.05, 3.63) is 194 Å². The van der Waals surface area contributed by atoms with E-state index < -0.39 is 0 Å². The molecule has 0 saturated heterocycles. The molecule has 0 fully saturated rings. The van der Waals surface area contributed by atoms with Crippen LogP contribution in [0.3, 0.4) is 0 Å². The molecule has 0 aliphatic carbocycles. The fourth-order valence-corrected chi connectivity index (χ4v) is 6.49. The summed E-state index contributed by atoms with van der Waals surface area (Å²) in [6, 6.07) is 65.5. The van der Waals surface area contributed by atoms with E-state index in [1.165, 1.54) is 0 Å². The van der Waals surface area contributed by atoms with Crippen LogP contribution in [0.1, 0.15) is 0 Å². The summed E-state index contributed by atoms with van der Waals surface area (Å²) in [5, 5.41) is 0. The van der Waals surface area contributed by atoms with Crippen LogP contribution in [0.25, 0.3) is 90.6 Å². The third-order valence-corrected chi connectivity index (χ3v) is 9.21. The first-order valence-electron chi connectivity index (χ1n) is 17.8. The second kappa shape index (κ2) is 14.7. The minimum Gasteiger partial charge on any atom is -0.208 e. The molecule has 0 radical (unpaired) electrons. The monoisotopic (exact) mass is 692 g/mol. The van der Waals surface area contributed by atoms with Crippen molar-refractivity contribution in [2.75, 3.05) is 0 Å². The van der Waals surface area contributed by atoms with E-state index in [-0.39, 0.29) is 0 Å². The number of nitrogens with zero attached hydrogens (tertiary/aromatic N) is 6. The van der Waals surface area contributed by atoms with Crippen LogP contribution in [-0.4, -0.2) is 29.9 Å². The van der Waals surface area contributed by atoms with Gasteiger partial charge in [0.05, 0.1) is 0 Å². The van der Waals surface area contributed by atoms with Crippen molar-refractivity contribution in [3.8, 4) is 90.6 Å². The molecule has 0 unspecified atom stereocenters. The van der Waals surface area contributed by atoms with Gasteiger partial charge in [-0.05, 0) is 28.3 Å². The predicted molar refractivity (Wildman–Crippen MR) is 217 cm³/mol. The van der Waals surface area contributed by atoms with Crippen molar-refractivity contribution in [1.29, 1.82) is 0 Å². The van der Waals surface area contributed by atoms with Crippen LogP contribution in [0.2, 0.25) is 0 Å². The quantitative estimate of drug-likeness (QED) is 0.158. The van der Waals surface area contributed by atoms with E-state index in [4.69, 9.17) is 29.9 Å². The first-order chi connectivity index (χ1) is 26.7. The molecule has 254 valence electrons. The Bertz CT molecular complexity index is 2570. The first-order valence-corrected chi connectivity index (χ1v) is 17.8. The molecular weight excluding hydrogens is 661 g/mol.